The first-order valence-corrected chi connectivity index (χ1v) is 11.2. The Morgan fingerprint density at radius 2 is 1.25 bits per heavy atom. The molecular formula is C21H31IO6. The van der Waals surface area contributed by atoms with Gasteiger partial charge in [-0.05, 0) is 76.0 Å². The molecule has 0 aromatic heterocycles. The minimum atomic E-state index is -0.424. The molecule has 0 aromatic rings. The van der Waals surface area contributed by atoms with Gasteiger partial charge in [0.05, 0.1) is 25.0 Å². The lowest BCUT2D eigenvalue weighted by molar-refractivity contribution is -0.150. The van der Waals surface area contributed by atoms with Gasteiger partial charge in [-0.2, -0.15) is 0 Å². The second-order valence-corrected chi connectivity index (χ2v) is 8.31. The second kappa shape index (κ2) is 12.4. The van der Waals surface area contributed by atoms with Crippen LogP contribution >= 0.6 is 23.0 Å². The van der Waals surface area contributed by atoms with Crippen LogP contribution in [0.5, 0.6) is 0 Å². The lowest BCUT2D eigenvalue weighted by Gasteiger charge is -2.36. The SMILES string of the molecule is C=CC(=O)OCCCCOC(=O)C1CCC(C2CCC(C(=O)OI)CC2)CC1. The van der Waals surface area contributed by atoms with Gasteiger partial charge in [0, 0.05) is 6.08 Å². The predicted octanol–water partition coefficient (Wildman–Crippen LogP) is 4.55. The fourth-order valence-electron chi connectivity index (χ4n) is 4.44. The molecule has 0 bridgehead atoms. The molecule has 0 aromatic carbocycles. The number of carbonyl (C=O) groups is 3. The molecule has 0 amide bonds. The molecule has 0 N–H and O–H groups in total. The maximum Gasteiger partial charge on any atom is 0.330 e. The highest BCUT2D eigenvalue weighted by Crippen LogP contribution is 2.41. The van der Waals surface area contributed by atoms with Crippen molar-refractivity contribution in [3.05, 3.63) is 12.7 Å². The number of hydrogen-bond donors (Lipinski definition) is 0. The Kier molecular flexibility index (Phi) is 10.3. The Morgan fingerprint density at radius 3 is 1.71 bits per heavy atom. The summed E-state index contributed by atoms with van der Waals surface area (Å²) in [5.41, 5.74) is 0. The molecule has 2 aliphatic rings. The molecule has 2 saturated carbocycles. The third-order valence-electron chi connectivity index (χ3n) is 6.15. The normalized spacial score (nSPS) is 27.5. The summed E-state index contributed by atoms with van der Waals surface area (Å²) in [4.78, 5) is 34.8. The number of halogens is 1. The topological polar surface area (TPSA) is 78.9 Å². The number of rotatable bonds is 9. The van der Waals surface area contributed by atoms with Crippen molar-refractivity contribution in [2.75, 3.05) is 13.2 Å². The Morgan fingerprint density at radius 1 is 0.786 bits per heavy atom. The van der Waals surface area contributed by atoms with Gasteiger partial charge in [-0.3, -0.25) is 9.59 Å². The third kappa shape index (κ3) is 7.37. The molecule has 0 atom stereocenters. The minimum absolute atomic E-state index is 0.0141. The average Bonchev–Trinajstić information content (AvgIpc) is 2.75. The molecule has 7 heteroatoms. The number of hydrogen-bond acceptors (Lipinski definition) is 6. The highest BCUT2D eigenvalue weighted by molar-refractivity contribution is 14.1. The van der Waals surface area contributed by atoms with E-state index in [2.05, 4.69) is 6.58 Å². The summed E-state index contributed by atoms with van der Waals surface area (Å²) in [7, 11) is 0. The van der Waals surface area contributed by atoms with E-state index in [1.54, 1.807) is 23.0 Å². The van der Waals surface area contributed by atoms with Gasteiger partial charge in [0.2, 0.25) is 0 Å². The van der Waals surface area contributed by atoms with Gasteiger partial charge in [-0.25, -0.2) is 4.79 Å². The van der Waals surface area contributed by atoms with Crippen LogP contribution in [0.15, 0.2) is 12.7 Å². The zero-order valence-corrected chi connectivity index (χ0v) is 18.6. The fourth-order valence-corrected chi connectivity index (χ4v) is 4.80. The van der Waals surface area contributed by atoms with E-state index in [1.807, 2.05) is 0 Å². The van der Waals surface area contributed by atoms with Crippen molar-refractivity contribution in [1.82, 2.24) is 0 Å². The van der Waals surface area contributed by atoms with Crippen molar-refractivity contribution in [2.24, 2.45) is 23.7 Å². The minimum Gasteiger partial charge on any atom is -0.465 e. The van der Waals surface area contributed by atoms with Crippen LogP contribution in [0, 0.1) is 23.7 Å². The van der Waals surface area contributed by atoms with E-state index in [-0.39, 0.29) is 23.8 Å². The first-order chi connectivity index (χ1) is 13.5. The Labute approximate surface area is 181 Å². The molecule has 2 fully saturated rings. The van der Waals surface area contributed by atoms with Crippen LogP contribution < -0.4 is 0 Å². The molecule has 2 aliphatic carbocycles. The zero-order valence-electron chi connectivity index (χ0n) is 16.4. The zero-order chi connectivity index (χ0) is 20.4. The maximum atomic E-state index is 12.2. The lowest BCUT2D eigenvalue weighted by Crippen LogP contribution is -2.30. The van der Waals surface area contributed by atoms with E-state index >= 15 is 0 Å². The van der Waals surface area contributed by atoms with Gasteiger partial charge in [-0.15, -0.1) is 0 Å². The first kappa shape index (κ1) is 23.2. The van der Waals surface area contributed by atoms with E-state index in [0.29, 0.717) is 37.9 Å². The fraction of sp³-hybridized carbons (Fsp3) is 0.762. The van der Waals surface area contributed by atoms with Crippen LogP contribution in [-0.2, 0) is 26.9 Å². The van der Waals surface area contributed by atoms with Crippen LogP contribution in [0.3, 0.4) is 0 Å². The first-order valence-electron chi connectivity index (χ1n) is 10.3. The molecule has 28 heavy (non-hydrogen) atoms. The largest absolute Gasteiger partial charge is 0.465 e. The molecule has 0 aliphatic heterocycles. The van der Waals surface area contributed by atoms with Crippen molar-refractivity contribution in [2.45, 2.75) is 64.2 Å². The summed E-state index contributed by atoms with van der Waals surface area (Å²) < 4.78 is 15.1. The van der Waals surface area contributed by atoms with Crippen molar-refractivity contribution >= 4 is 40.9 Å². The van der Waals surface area contributed by atoms with E-state index in [0.717, 1.165) is 57.4 Å². The van der Waals surface area contributed by atoms with Gasteiger partial charge in [0.15, 0.2) is 23.0 Å². The van der Waals surface area contributed by atoms with E-state index in [1.165, 1.54) is 0 Å². The Bertz CT molecular complexity index is 533. The number of esters is 2. The van der Waals surface area contributed by atoms with Gasteiger partial charge >= 0.3 is 17.9 Å². The highest BCUT2D eigenvalue weighted by atomic mass is 127. The molecule has 0 spiro atoms. The lowest BCUT2D eigenvalue weighted by atomic mass is 9.69. The van der Waals surface area contributed by atoms with Gasteiger partial charge < -0.3 is 12.5 Å². The van der Waals surface area contributed by atoms with Crippen LogP contribution in [0.4, 0.5) is 0 Å². The number of carbonyl (C=O) groups excluding carboxylic acids is 3. The summed E-state index contributed by atoms with van der Waals surface area (Å²) in [6.45, 7) is 4.04. The molecule has 6 nitrogen and oxygen atoms in total. The van der Waals surface area contributed by atoms with Crippen LogP contribution in [0.25, 0.3) is 0 Å². The summed E-state index contributed by atoms with van der Waals surface area (Å²) in [5, 5.41) is 0. The quantitative estimate of drug-likeness (QED) is 0.198. The van der Waals surface area contributed by atoms with Crippen molar-refractivity contribution < 1.29 is 26.9 Å². The summed E-state index contributed by atoms with van der Waals surface area (Å²) in [6, 6.07) is 0. The van der Waals surface area contributed by atoms with E-state index < -0.39 is 5.97 Å². The number of ether oxygens (including phenoxy) is 2. The van der Waals surface area contributed by atoms with E-state index in [4.69, 9.17) is 12.5 Å². The van der Waals surface area contributed by atoms with Gasteiger partial charge in [-0.1, -0.05) is 6.58 Å². The third-order valence-corrected chi connectivity index (χ3v) is 6.58. The smallest absolute Gasteiger partial charge is 0.330 e. The van der Waals surface area contributed by atoms with E-state index in [9.17, 15) is 14.4 Å². The molecule has 2 rings (SSSR count). The molecule has 158 valence electrons. The number of unbranched alkanes of at least 4 members (excludes halogenated alkanes) is 1. The summed E-state index contributed by atoms with van der Waals surface area (Å²) in [6.07, 6.45) is 10.5. The van der Waals surface area contributed by atoms with Crippen molar-refractivity contribution in [3.63, 3.8) is 0 Å². The molecule has 0 saturated heterocycles. The summed E-state index contributed by atoms with van der Waals surface area (Å²) >= 11 is 1.68. The van der Waals surface area contributed by atoms with Gasteiger partial charge in [0.25, 0.3) is 0 Å². The van der Waals surface area contributed by atoms with Crippen LogP contribution in [0.1, 0.15) is 64.2 Å². The molecular weight excluding hydrogens is 475 g/mol. The maximum absolute atomic E-state index is 12.2. The Hall–Kier alpha value is -1.12. The highest BCUT2D eigenvalue weighted by Gasteiger charge is 2.35. The molecule has 0 unspecified atom stereocenters. The van der Waals surface area contributed by atoms with Crippen molar-refractivity contribution in [3.8, 4) is 0 Å². The van der Waals surface area contributed by atoms with Crippen molar-refractivity contribution in [1.29, 1.82) is 0 Å². The predicted molar refractivity (Wildman–Crippen MR) is 112 cm³/mol. The summed E-state index contributed by atoms with van der Waals surface area (Å²) in [5.74, 6) is 0.834. The second-order valence-electron chi connectivity index (χ2n) is 7.87. The van der Waals surface area contributed by atoms with Crippen LogP contribution in [-0.4, -0.2) is 31.1 Å². The molecule has 0 radical (unpaired) electrons. The van der Waals surface area contributed by atoms with Crippen LogP contribution in [0.2, 0.25) is 0 Å². The van der Waals surface area contributed by atoms with Gasteiger partial charge in [0.1, 0.15) is 0 Å². The standard InChI is InChI=1S/C21H31IO6/c1-2-19(23)26-13-3-4-14-27-20(24)17-9-5-15(6-10-17)16-7-11-18(12-8-16)21(25)28-22/h2,15-18H,1,3-14H2. The molecule has 0 heterocycles. The monoisotopic (exact) mass is 506 g/mol. The average molecular weight is 506 g/mol. The Balaban J connectivity index is 1.58.